The quantitative estimate of drug-likeness (QED) is 0.844. The number of aromatic nitrogens is 2. The van der Waals surface area contributed by atoms with Crippen molar-refractivity contribution in [1.29, 1.82) is 0 Å². The van der Waals surface area contributed by atoms with Crippen molar-refractivity contribution in [3.8, 4) is 17.1 Å². The van der Waals surface area contributed by atoms with Crippen molar-refractivity contribution in [1.82, 2.24) is 10.1 Å². The molecule has 0 atom stereocenters. The second-order valence-electron chi connectivity index (χ2n) is 3.90. The average molecular weight is 220 g/mol. The maximum Gasteiger partial charge on any atom is 0.230 e. The van der Waals surface area contributed by atoms with Gasteiger partial charge in [0.2, 0.25) is 11.7 Å². The van der Waals surface area contributed by atoms with Crippen LogP contribution in [0.5, 0.6) is 5.75 Å². The van der Waals surface area contributed by atoms with Crippen LogP contribution >= 0.6 is 0 Å². The lowest BCUT2D eigenvalue weighted by Gasteiger charge is -1.96. The fourth-order valence-electron chi connectivity index (χ4n) is 1.49. The predicted octanol–water partition coefficient (Wildman–Crippen LogP) is 2.46. The maximum atomic E-state index is 13.1. The zero-order valence-electron chi connectivity index (χ0n) is 8.35. The number of hydrogen-bond donors (Lipinski definition) is 1. The predicted molar refractivity (Wildman–Crippen MR) is 53.3 cm³/mol. The molecule has 1 aliphatic rings. The fourth-order valence-corrected chi connectivity index (χ4v) is 1.49. The molecule has 2 aromatic rings. The molecule has 4 nitrogen and oxygen atoms in total. The van der Waals surface area contributed by atoms with Crippen LogP contribution in [0.1, 0.15) is 24.7 Å². The fraction of sp³-hybridized carbons (Fsp3) is 0.273. The van der Waals surface area contributed by atoms with E-state index >= 15 is 0 Å². The Hall–Kier alpha value is -1.91. The minimum Gasteiger partial charge on any atom is -0.505 e. The first-order valence-corrected chi connectivity index (χ1v) is 5.06. The summed E-state index contributed by atoms with van der Waals surface area (Å²) >= 11 is 0. The van der Waals surface area contributed by atoms with Crippen molar-refractivity contribution in [2.24, 2.45) is 0 Å². The Labute approximate surface area is 90.7 Å². The standard InChI is InChI=1S/C11H9FN2O2/c12-8-5-7(3-4-9(8)15)10-13-11(16-14-10)6-1-2-6/h3-6,15H,1-2H2. The highest BCUT2D eigenvalue weighted by Crippen LogP contribution is 2.39. The van der Waals surface area contributed by atoms with Gasteiger partial charge in [-0.2, -0.15) is 4.98 Å². The van der Waals surface area contributed by atoms with Crippen LogP contribution in [0.2, 0.25) is 0 Å². The van der Waals surface area contributed by atoms with Crippen LogP contribution in [-0.2, 0) is 0 Å². The van der Waals surface area contributed by atoms with Crippen molar-refractivity contribution in [2.75, 3.05) is 0 Å². The number of nitrogens with zero attached hydrogens (tertiary/aromatic N) is 2. The molecule has 3 rings (SSSR count). The van der Waals surface area contributed by atoms with E-state index in [0.717, 1.165) is 12.8 Å². The van der Waals surface area contributed by atoms with Crippen molar-refractivity contribution in [2.45, 2.75) is 18.8 Å². The van der Waals surface area contributed by atoms with Gasteiger partial charge in [0.25, 0.3) is 0 Å². The first-order valence-electron chi connectivity index (χ1n) is 5.06. The molecule has 0 unspecified atom stereocenters. The molecule has 1 fully saturated rings. The largest absolute Gasteiger partial charge is 0.505 e. The first-order chi connectivity index (χ1) is 7.74. The van der Waals surface area contributed by atoms with Gasteiger partial charge >= 0.3 is 0 Å². The van der Waals surface area contributed by atoms with Crippen LogP contribution in [0.25, 0.3) is 11.4 Å². The SMILES string of the molecule is Oc1ccc(-c2noc(C3CC3)n2)cc1F. The summed E-state index contributed by atoms with van der Waals surface area (Å²) in [6.07, 6.45) is 2.15. The molecule has 1 aromatic heterocycles. The Bertz CT molecular complexity index is 535. The number of aromatic hydroxyl groups is 1. The third-order valence-electron chi connectivity index (χ3n) is 2.57. The van der Waals surface area contributed by atoms with Gasteiger partial charge in [-0.15, -0.1) is 0 Å². The smallest absolute Gasteiger partial charge is 0.230 e. The number of benzene rings is 1. The van der Waals surface area contributed by atoms with E-state index in [0.29, 0.717) is 23.2 Å². The number of phenols is 1. The molecule has 0 amide bonds. The van der Waals surface area contributed by atoms with Crippen LogP contribution in [-0.4, -0.2) is 15.2 Å². The van der Waals surface area contributed by atoms with Gasteiger partial charge in [0, 0.05) is 11.5 Å². The van der Waals surface area contributed by atoms with Crippen LogP contribution in [0, 0.1) is 5.82 Å². The average Bonchev–Trinajstić information content (AvgIpc) is 3.01. The van der Waals surface area contributed by atoms with Gasteiger partial charge in [0.05, 0.1) is 0 Å². The van der Waals surface area contributed by atoms with Crippen LogP contribution < -0.4 is 0 Å². The van der Waals surface area contributed by atoms with E-state index in [-0.39, 0.29) is 5.75 Å². The highest BCUT2D eigenvalue weighted by Gasteiger charge is 2.29. The summed E-state index contributed by atoms with van der Waals surface area (Å²) in [7, 11) is 0. The lowest BCUT2D eigenvalue weighted by Crippen LogP contribution is -1.84. The minimum atomic E-state index is -0.685. The molecular weight excluding hydrogens is 211 g/mol. The molecule has 1 heterocycles. The van der Waals surface area contributed by atoms with E-state index in [4.69, 9.17) is 9.63 Å². The molecule has 0 bridgehead atoms. The van der Waals surface area contributed by atoms with Gasteiger partial charge in [-0.25, -0.2) is 4.39 Å². The van der Waals surface area contributed by atoms with Gasteiger partial charge in [0.15, 0.2) is 11.6 Å². The van der Waals surface area contributed by atoms with Crippen LogP contribution in [0.3, 0.4) is 0 Å². The summed E-state index contributed by atoms with van der Waals surface area (Å²) in [5, 5.41) is 12.8. The van der Waals surface area contributed by atoms with E-state index < -0.39 is 5.82 Å². The van der Waals surface area contributed by atoms with E-state index in [9.17, 15) is 4.39 Å². The molecule has 1 saturated carbocycles. The Morgan fingerprint density at radius 1 is 1.38 bits per heavy atom. The van der Waals surface area contributed by atoms with E-state index in [1.54, 1.807) is 6.07 Å². The van der Waals surface area contributed by atoms with E-state index in [1.165, 1.54) is 12.1 Å². The summed E-state index contributed by atoms with van der Waals surface area (Å²) in [5.41, 5.74) is 0.506. The molecule has 0 saturated heterocycles. The summed E-state index contributed by atoms with van der Waals surface area (Å²) in [6.45, 7) is 0. The monoisotopic (exact) mass is 220 g/mol. The van der Waals surface area contributed by atoms with Crippen molar-refractivity contribution >= 4 is 0 Å². The van der Waals surface area contributed by atoms with Crippen molar-refractivity contribution < 1.29 is 14.0 Å². The van der Waals surface area contributed by atoms with Gasteiger partial charge < -0.3 is 9.63 Å². The van der Waals surface area contributed by atoms with Crippen LogP contribution in [0.4, 0.5) is 4.39 Å². The Morgan fingerprint density at radius 2 is 2.19 bits per heavy atom. The van der Waals surface area contributed by atoms with Crippen LogP contribution in [0.15, 0.2) is 22.7 Å². The topological polar surface area (TPSA) is 59.2 Å². The maximum absolute atomic E-state index is 13.1. The molecule has 1 aliphatic carbocycles. The van der Waals surface area contributed by atoms with Gasteiger partial charge in [0.1, 0.15) is 0 Å². The Balaban J connectivity index is 1.97. The number of halogens is 1. The van der Waals surface area contributed by atoms with Gasteiger partial charge in [-0.05, 0) is 31.0 Å². The van der Waals surface area contributed by atoms with E-state index in [1.807, 2.05) is 0 Å². The first kappa shape index (κ1) is 9.33. The van der Waals surface area contributed by atoms with Gasteiger partial charge in [-0.1, -0.05) is 5.16 Å². The second-order valence-corrected chi connectivity index (χ2v) is 3.90. The van der Waals surface area contributed by atoms with Crippen molar-refractivity contribution in [3.05, 3.63) is 29.9 Å². The molecule has 82 valence electrons. The lowest BCUT2D eigenvalue weighted by molar-refractivity contribution is 0.380. The summed E-state index contributed by atoms with van der Waals surface area (Å²) < 4.78 is 18.2. The molecule has 1 aromatic carbocycles. The lowest BCUT2D eigenvalue weighted by atomic mass is 10.2. The van der Waals surface area contributed by atoms with Gasteiger partial charge in [-0.3, -0.25) is 0 Å². The summed E-state index contributed by atoms with van der Waals surface area (Å²) in [4.78, 5) is 4.19. The number of hydrogen-bond acceptors (Lipinski definition) is 4. The molecule has 0 spiro atoms. The Kier molecular flexibility index (Phi) is 1.92. The highest BCUT2D eigenvalue weighted by atomic mass is 19.1. The molecule has 5 heteroatoms. The van der Waals surface area contributed by atoms with Crippen molar-refractivity contribution in [3.63, 3.8) is 0 Å². The number of rotatable bonds is 2. The highest BCUT2D eigenvalue weighted by molar-refractivity contribution is 5.55. The molecule has 1 N–H and O–H groups in total. The molecular formula is C11H9FN2O2. The summed E-state index contributed by atoms with van der Waals surface area (Å²) in [5.74, 6) is 0.289. The normalized spacial score (nSPS) is 15.3. The minimum absolute atomic E-state index is 0.362. The van der Waals surface area contributed by atoms with E-state index in [2.05, 4.69) is 10.1 Å². The summed E-state index contributed by atoms with van der Waals surface area (Å²) in [6, 6.07) is 4.02. The third kappa shape index (κ3) is 1.54. The Morgan fingerprint density at radius 3 is 2.88 bits per heavy atom. The zero-order chi connectivity index (χ0) is 11.1. The molecule has 16 heavy (non-hydrogen) atoms. The second kappa shape index (κ2) is 3.30. The third-order valence-corrected chi connectivity index (χ3v) is 2.57. The number of phenolic OH excluding ortho intramolecular Hbond substituents is 1. The zero-order valence-corrected chi connectivity index (χ0v) is 8.35. The molecule has 0 radical (unpaired) electrons. The molecule has 0 aliphatic heterocycles.